The zero-order chi connectivity index (χ0) is 13.1. The highest BCUT2D eigenvalue weighted by atomic mass is 19.1. The Morgan fingerprint density at radius 2 is 2.28 bits per heavy atom. The molecule has 1 amide bonds. The van der Waals surface area contributed by atoms with Gasteiger partial charge < -0.3 is 10.6 Å². The molecule has 0 saturated heterocycles. The van der Waals surface area contributed by atoms with E-state index in [2.05, 4.69) is 15.2 Å². The molecule has 2 rings (SSSR count). The molecule has 0 bridgehead atoms. The van der Waals surface area contributed by atoms with Crippen LogP contribution in [-0.2, 0) is 6.54 Å². The fraction of sp³-hybridized carbons (Fsp3) is 0.182. The van der Waals surface area contributed by atoms with Crippen molar-refractivity contribution in [3.63, 3.8) is 0 Å². The number of nitrogen functional groups attached to an aromatic ring is 1. The number of hydrogen-bond donors (Lipinski definition) is 2. The van der Waals surface area contributed by atoms with Crippen molar-refractivity contribution in [2.75, 3.05) is 12.8 Å². The number of aromatic nitrogens is 3. The van der Waals surface area contributed by atoms with Gasteiger partial charge in [-0.25, -0.2) is 9.37 Å². The summed E-state index contributed by atoms with van der Waals surface area (Å²) in [7, 11) is 1.59. The number of H-pyrrole nitrogens is 1. The standard InChI is InChI=1S/C11H12FN5O/c1-17(5-10-14-6-15-16-10)11(18)7-2-8(12)4-9(13)3-7/h2-4,6H,5,13H2,1H3,(H,14,15,16). The summed E-state index contributed by atoms with van der Waals surface area (Å²) in [5.41, 5.74) is 5.91. The molecule has 0 aliphatic carbocycles. The zero-order valence-electron chi connectivity index (χ0n) is 9.72. The third-order valence-electron chi connectivity index (χ3n) is 2.37. The quantitative estimate of drug-likeness (QED) is 0.787. The van der Waals surface area contributed by atoms with Crippen LogP contribution in [0.4, 0.5) is 10.1 Å². The summed E-state index contributed by atoms with van der Waals surface area (Å²) in [5.74, 6) is -0.320. The monoisotopic (exact) mass is 249 g/mol. The molecule has 2 aromatic rings. The van der Waals surface area contributed by atoms with E-state index in [4.69, 9.17) is 5.73 Å². The summed E-state index contributed by atoms with van der Waals surface area (Å²) in [5, 5.41) is 6.32. The Labute approximate surface area is 103 Å². The van der Waals surface area contributed by atoms with Crippen molar-refractivity contribution in [3.8, 4) is 0 Å². The highest BCUT2D eigenvalue weighted by molar-refractivity contribution is 5.94. The van der Waals surface area contributed by atoms with Crippen molar-refractivity contribution in [2.45, 2.75) is 6.54 Å². The molecule has 0 aliphatic heterocycles. The normalized spacial score (nSPS) is 10.3. The first kappa shape index (κ1) is 12.0. The number of carbonyl (C=O) groups excluding carboxylic acids is 1. The van der Waals surface area contributed by atoms with Crippen molar-refractivity contribution in [3.05, 3.63) is 41.7 Å². The first-order valence-electron chi connectivity index (χ1n) is 5.22. The van der Waals surface area contributed by atoms with Gasteiger partial charge in [-0.15, -0.1) is 0 Å². The molecule has 0 fully saturated rings. The number of nitrogens with one attached hydrogen (secondary N) is 1. The molecule has 1 heterocycles. The van der Waals surface area contributed by atoms with Crippen LogP contribution in [0.1, 0.15) is 16.2 Å². The molecule has 1 aromatic heterocycles. The van der Waals surface area contributed by atoms with Crippen molar-refractivity contribution in [1.29, 1.82) is 0 Å². The number of halogens is 1. The van der Waals surface area contributed by atoms with E-state index in [0.29, 0.717) is 5.82 Å². The van der Waals surface area contributed by atoms with Crippen LogP contribution < -0.4 is 5.73 Å². The third-order valence-corrected chi connectivity index (χ3v) is 2.37. The van der Waals surface area contributed by atoms with E-state index in [9.17, 15) is 9.18 Å². The number of anilines is 1. The van der Waals surface area contributed by atoms with Crippen LogP contribution >= 0.6 is 0 Å². The highest BCUT2D eigenvalue weighted by Gasteiger charge is 2.14. The van der Waals surface area contributed by atoms with Gasteiger partial charge in [0, 0.05) is 18.3 Å². The topological polar surface area (TPSA) is 87.9 Å². The van der Waals surface area contributed by atoms with Crippen molar-refractivity contribution >= 4 is 11.6 Å². The van der Waals surface area contributed by atoms with Crippen LogP contribution in [-0.4, -0.2) is 33.0 Å². The predicted molar refractivity (Wildman–Crippen MR) is 63.0 cm³/mol. The molecule has 18 heavy (non-hydrogen) atoms. The van der Waals surface area contributed by atoms with Crippen LogP contribution in [0.3, 0.4) is 0 Å². The van der Waals surface area contributed by atoms with E-state index in [0.717, 1.165) is 12.1 Å². The van der Waals surface area contributed by atoms with E-state index < -0.39 is 5.82 Å². The maximum absolute atomic E-state index is 13.1. The summed E-state index contributed by atoms with van der Waals surface area (Å²) >= 11 is 0. The number of hydrogen-bond acceptors (Lipinski definition) is 4. The van der Waals surface area contributed by atoms with Gasteiger partial charge in [0.25, 0.3) is 5.91 Å². The van der Waals surface area contributed by atoms with Crippen LogP contribution in [0.25, 0.3) is 0 Å². The third kappa shape index (κ3) is 2.62. The van der Waals surface area contributed by atoms with E-state index in [1.165, 1.54) is 17.3 Å². The van der Waals surface area contributed by atoms with Crippen LogP contribution in [0, 0.1) is 5.82 Å². The Morgan fingerprint density at radius 1 is 1.50 bits per heavy atom. The Balaban J connectivity index is 2.15. The second kappa shape index (κ2) is 4.82. The zero-order valence-corrected chi connectivity index (χ0v) is 9.72. The van der Waals surface area contributed by atoms with Crippen molar-refractivity contribution in [1.82, 2.24) is 20.1 Å². The first-order chi connectivity index (χ1) is 8.56. The van der Waals surface area contributed by atoms with E-state index in [1.807, 2.05) is 0 Å². The lowest BCUT2D eigenvalue weighted by Crippen LogP contribution is -2.27. The number of carbonyl (C=O) groups is 1. The molecule has 0 saturated carbocycles. The molecule has 0 aliphatic rings. The molecule has 0 unspecified atom stereocenters. The van der Waals surface area contributed by atoms with Gasteiger partial charge in [0.2, 0.25) is 0 Å². The minimum Gasteiger partial charge on any atom is -0.399 e. The fourth-order valence-corrected chi connectivity index (χ4v) is 1.56. The maximum Gasteiger partial charge on any atom is 0.254 e. The first-order valence-corrected chi connectivity index (χ1v) is 5.22. The summed E-state index contributed by atoms with van der Waals surface area (Å²) < 4.78 is 13.1. The second-order valence-electron chi connectivity index (χ2n) is 3.87. The van der Waals surface area contributed by atoms with Crippen molar-refractivity contribution in [2.24, 2.45) is 0 Å². The Bertz CT molecular complexity index is 534. The summed E-state index contributed by atoms with van der Waals surface area (Å²) in [6, 6.07) is 3.74. The van der Waals surface area contributed by atoms with Gasteiger partial charge in [-0.1, -0.05) is 0 Å². The summed E-state index contributed by atoms with van der Waals surface area (Å²) in [6.45, 7) is 0.259. The van der Waals surface area contributed by atoms with Gasteiger partial charge in [0.15, 0.2) is 0 Å². The van der Waals surface area contributed by atoms with Gasteiger partial charge >= 0.3 is 0 Å². The van der Waals surface area contributed by atoms with Crippen LogP contribution in [0.2, 0.25) is 0 Å². The molecule has 6 nitrogen and oxygen atoms in total. The number of nitrogens with zero attached hydrogens (tertiary/aromatic N) is 3. The SMILES string of the molecule is CN(Cc1ncn[nH]1)C(=O)c1cc(N)cc(F)c1. The fourth-order valence-electron chi connectivity index (χ4n) is 1.56. The number of rotatable bonds is 3. The lowest BCUT2D eigenvalue weighted by Gasteiger charge is -2.15. The molecule has 0 spiro atoms. The Hall–Kier alpha value is -2.44. The number of benzene rings is 1. The van der Waals surface area contributed by atoms with E-state index in [-0.39, 0.29) is 23.7 Å². The molecule has 3 N–H and O–H groups in total. The van der Waals surface area contributed by atoms with Gasteiger partial charge in [0.05, 0.1) is 6.54 Å². The molecule has 7 heteroatoms. The largest absolute Gasteiger partial charge is 0.399 e. The van der Waals surface area contributed by atoms with Crippen LogP contribution in [0.15, 0.2) is 24.5 Å². The van der Waals surface area contributed by atoms with Gasteiger partial charge in [-0.3, -0.25) is 9.89 Å². The number of amides is 1. The molecule has 94 valence electrons. The smallest absolute Gasteiger partial charge is 0.254 e. The highest BCUT2D eigenvalue weighted by Crippen LogP contribution is 2.13. The molecular formula is C11H12FN5O. The number of nitrogens with two attached hydrogens (primary N) is 1. The lowest BCUT2D eigenvalue weighted by molar-refractivity contribution is 0.0781. The Morgan fingerprint density at radius 3 is 2.89 bits per heavy atom. The Kier molecular flexibility index (Phi) is 3.22. The predicted octanol–water partition coefficient (Wildman–Crippen LogP) is 0.798. The summed E-state index contributed by atoms with van der Waals surface area (Å²) in [6.07, 6.45) is 1.35. The molecule has 1 aromatic carbocycles. The van der Waals surface area contributed by atoms with Gasteiger partial charge in [-0.05, 0) is 18.2 Å². The minimum absolute atomic E-state index is 0.203. The van der Waals surface area contributed by atoms with E-state index in [1.54, 1.807) is 7.05 Å². The molecule has 0 radical (unpaired) electrons. The second-order valence-corrected chi connectivity index (χ2v) is 3.87. The molecule has 0 atom stereocenters. The summed E-state index contributed by atoms with van der Waals surface area (Å²) in [4.78, 5) is 17.3. The average molecular weight is 249 g/mol. The van der Waals surface area contributed by atoms with Gasteiger partial charge in [-0.2, -0.15) is 5.10 Å². The van der Waals surface area contributed by atoms with Gasteiger partial charge in [0.1, 0.15) is 18.0 Å². The lowest BCUT2D eigenvalue weighted by atomic mass is 10.1. The van der Waals surface area contributed by atoms with Crippen molar-refractivity contribution < 1.29 is 9.18 Å². The minimum atomic E-state index is -0.536. The number of aromatic amines is 1. The van der Waals surface area contributed by atoms with E-state index >= 15 is 0 Å². The maximum atomic E-state index is 13.1. The average Bonchev–Trinajstić information content (AvgIpc) is 2.79. The van der Waals surface area contributed by atoms with Crippen LogP contribution in [0.5, 0.6) is 0 Å². The molecular weight excluding hydrogens is 237 g/mol.